The zero-order valence-corrected chi connectivity index (χ0v) is 47.7. The first-order valence-corrected chi connectivity index (χ1v) is 31.8. The highest BCUT2D eigenvalue weighted by Crippen LogP contribution is 2.18. The number of ether oxygens (including phenoxy) is 1. The van der Waals surface area contributed by atoms with Crippen LogP contribution in [0.4, 0.5) is 0 Å². The van der Waals surface area contributed by atoms with Crippen molar-refractivity contribution in [3.63, 3.8) is 0 Å². The lowest BCUT2D eigenvalue weighted by molar-refractivity contribution is -0.143. The summed E-state index contributed by atoms with van der Waals surface area (Å²) in [6.45, 7) is 4.88. The van der Waals surface area contributed by atoms with Crippen LogP contribution >= 0.6 is 0 Å². The van der Waals surface area contributed by atoms with Crippen molar-refractivity contribution in [1.29, 1.82) is 0 Å². The molecule has 0 spiro atoms. The molecule has 0 aromatic rings. The second kappa shape index (κ2) is 60.6. The van der Waals surface area contributed by atoms with Crippen LogP contribution in [0.3, 0.4) is 0 Å². The van der Waals surface area contributed by atoms with Crippen molar-refractivity contribution in [2.24, 2.45) is 0 Å². The molecule has 418 valence electrons. The fourth-order valence-electron chi connectivity index (χ4n) is 9.78. The largest absolute Gasteiger partial charge is 0.466 e. The fraction of sp³-hybridized carbons (Fsp3) is 0.877. The Morgan fingerprint density at radius 1 is 0.394 bits per heavy atom. The number of amides is 1. The molecule has 0 saturated heterocycles. The summed E-state index contributed by atoms with van der Waals surface area (Å²) in [7, 11) is 0. The molecule has 71 heavy (non-hydrogen) atoms. The number of rotatable bonds is 59. The van der Waals surface area contributed by atoms with Gasteiger partial charge in [0.25, 0.3) is 0 Å². The standard InChI is InChI=1S/C65H123NO5/c1-3-5-7-9-11-13-15-16-17-18-25-29-32-35-39-43-47-51-55-59-65(70)71-60-56-52-48-44-40-36-33-30-27-24-22-20-19-21-23-26-28-31-34-38-42-46-50-54-58-64(69)66-62(61-67)63(68)57-53-49-45-41-37-14-12-10-8-6-4-2/h11,13,16-17,53,57,62-63,67-68H,3-10,12,14-15,18-52,54-56,58-61H2,1-2H3,(H,66,69)/b13-11-,17-16-,57-53+. The van der Waals surface area contributed by atoms with Crippen molar-refractivity contribution >= 4 is 11.9 Å². The van der Waals surface area contributed by atoms with Gasteiger partial charge in [-0.15, -0.1) is 0 Å². The molecule has 0 aliphatic carbocycles. The second-order valence-electron chi connectivity index (χ2n) is 21.7. The van der Waals surface area contributed by atoms with Crippen LogP contribution in [0.15, 0.2) is 36.5 Å². The van der Waals surface area contributed by atoms with E-state index in [0.717, 1.165) is 51.4 Å². The molecule has 2 unspecified atom stereocenters. The molecule has 0 saturated carbocycles. The minimum Gasteiger partial charge on any atom is -0.466 e. The smallest absolute Gasteiger partial charge is 0.305 e. The van der Waals surface area contributed by atoms with Crippen molar-refractivity contribution in [3.05, 3.63) is 36.5 Å². The average molecular weight is 999 g/mol. The number of carbonyl (C=O) groups excluding carboxylic acids is 2. The average Bonchev–Trinajstić information content (AvgIpc) is 3.37. The van der Waals surface area contributed by atoms with Gasteiger partial charge in [0, 0.05) is 12.8 Å². The SMILES string of the molecule is CCCCC/C=C\C/C=C\CCCCCCCCCCCC(=O)OCCCCCCCCCCCCCCCCCCCCCCCCCCC(=O)NC(CO)C(O)/C=C/CCCCCCCCCCC. The Labute approximate surface area is 443 Å². The van der Waals surface area contributed by atoms with E-state index in [1.807, 2.05) is 6.08 Å². The Hall–Kier alpha value is -1.92. The van der Waals surface area contributed by atoms with Crippen molar-refractivity contribution < 1.29 is 24.5 Å². The van der Waals surface area contributed by atoms with Crippen molar-refractivity contribution in [3.8, 4) is 0 Å². The number of aliphatic hydroxyl groups is 2. The highest BCUT2D eigenvalue weighted by Gasteiger charge is 2.18. The normalized spacial score (nSPS) is 12.8. The van der Waals surface area contributed by atoms with Gasteiger partial charge in [-0.1, -0.05) is 301 Å². The molecule has 2 atom stereocenters. The van der Waals surface area contributed by atoms with Crippen LogP contribution in [-0.4, -0.2) is 47.4 Å². The number of carbonyl (C=O) groups is 2. The van der Waals surface area contributed by atoms with E-state index in [0.29, 0.717) is 19.4 Å². The van der Waals surface area contributed by atoms with Gasteiger partial charge in [0.1, 0.15) is 0 Å². The Morgan fingerprint density at radius 3 is 1.10 bits per heavy atom. The zero-order chi connectivity index (χ0) is 51.4. The number of hydrogen-bond donors (Lipinski definition) is 3. The molecule has 0 aromatic carbocycles. The quantitative estimate of drug-likeness (QED) is 0.0321. The van der Waals surface area contributed by atoms with Crippen molar-refractivity contribution in [2.75, 3.05) is 13.2 Å². The van der Waals surface area contributed by atoms with Gasteiger partial charge < -0.3 is 20.3 Å². The molecule has 6 heteroatoms. The van der Waals surface area contributed by atoms with E-state index in [2.05, 4.69) is 43.5 Å². The van der Waals surface area contributed by atoms with E-state index >= 15 is 0 Å². The first kappa shape index (κ1) is 69.1. The lowest BCUT2D eigenvalue weighted by Gasteiger charge is -2.20. The van der Waals surface area contributed by atoms with E-state index in [1.54, 1.807) is 6.08 Å². The van der Waals surface area contributed by atoms with E-state index in [9.17, 15) is 19.8 Å². The van der Waals surface area contributed by atoms with Gasteiger partial charge in [-0.2, -0.15) is 0 Å². The third-order valence-electron chi connectivity index (χ3n) is 14.7. The van der Waals surface area contributed by atoms with Crippen LogP contribution in [0.5, 0.6) is 0 Å². The highest BCUT2D eigenvalue weighted by atomic mass is 16.5. The summed E-state index contributed by atoms with van der Waals surface area (Å²) < 4.78 is 5.50. The maximum atomic E-state index is 12.4. The number of aliphatic hydroxyl groups excluding tert-OH is 2. The van der Waals surface area contributed by atoms with Crippen molar-refractivity contribution in [1.82, 2.24) is 5.32 Å². The first-order chi connectivity index (χ1) is 35.0. The maximum Gasteiger partial charge on any atom is 0.305 e. The van der Waals surface area contributed by atoms with Crippen LogP contribution in [0.1, 0.15) is 341 Å². The Bertz CT molecular complexity index is 1150. The molecular weight excluding hydrogens is 875 g/mol. The van der Waals surface area contributed by atoms with Crippen LogP contribution < -0.4 is 5.32 Å². The monoisotopic (exact) mass is 998 g/mol. The second-order valence-corrected chi connectivity index (χ2v) is 21.7. The van der Waals surface area contributed by atoms with Crippen LogP contribution in [-0.2, 0) is 14.3 Å². The molecule has 0 rings (SSSR count). The fourth-order valence-corrected chi connectivity index (χ4v) is 9.78. The van der Waals surface area contributed by atoms with Gasteiger partial charge in [-0.05, 0) is 64.2 Å². The first-order valence-electron chi connectivity index (χ1n) is 31.8. The predicted molar refractivity (Wildman–Crippen MR) is 310 cm³/mol. The molecule has 0 fully saturated rings. The van der Waals surface area contributed by atoms with Gasteiger partial charge in [0.05, 0.1) is 25.4 Å². The number of allylic oxidation sites excluding steroid dienone is 5. The predicted octanol–water partition coefficient (Wildman–Crippen LogP) is 20.0. The summed E-state index contributed by atoms with van der Waals surface area (Å²) >= 11 is 0. The maximum absolute atomic E-state index is 12.4. The van der Waals surface area contributed by atoms with Gasteiger partial charge in [-0.3, -0.25) is 9.59 Å². The summed E-state index contributed by atoms with van der Waals surface area (Å²) in [5, 5.41) is 23.0. The van der Waals surface area contributed by atoms with Gasteiger partial charge in [0.2, 0.25) is 5.91 Å². The number of unbranched alkanes of at least 4 members (excludes halogenated alkanes) is 44. The Balaban J connectivity index is 3.35. The third-order valence-corrected chi connectivity index (χ3v) is 14.7. The van der Waals surface area contributed by atoms with Gasteiger partial charge >= 0.3 is 5.97 Å². The molecule has 1 amide bonds. The zero-order valence-electron chi connectivity index (χ0n) is 47.7. The minimum atomic E-state index is -0.842. The molecular formula is C65H123NO5. The lowest BCUT2D eigenvalue weighted by Crippen LogP contribution is -2.45. The van der Waals surface area contributed by atoms with Gasteiger partial charge in [-0.25, -0.2) is 0 Å². The molecule has 0 aliphatic heterocycles. The molecule has 0 aliphatic rings. The molecule has 0 aromatic heterocycles. The summed E-state index contributed by atoms with van der Waals surface area (Å²) in [5.41, 5.74) is 0. The van der Waals surface area contributed by atoms with E-state index in [1.165, 1.54) is 263 Å². The molecule has 3 N–H and O–H groups in total. The summed E-state index contributed by atoms with van der Waals surface area (Å²) in [5.74, 6) is -0.0562. The van der Waals surface area contributed by atoms with Gasteiger partial charge in [0.15, 0.2) is 0 Å². The van der Waals surface area contributed by atoms with Crippen molar-refractivity contribution in [2.45, 2.75) is 353 Å². The molecule has 0 bridgehead atoms. The summed E-state index contributed by atoms with van der Waals surface area (Å²) in [4.78, 5) is 24.5. The number of nitrogens with one attached hydrogen (secondary N) is 1. The highest BCUT2D eigenvalue weighted by molar-refractivity contribution is 5.76. The van der Waals surface area contributed by atoms with E-state index in [-0.39, 0.29) is 18.5 Å². The van der Waals surface area contributed by atoms with E-state index < -0.39 is 12.1 Å². The summed E-state index contributed by atoms with van der Waals surface area (Å²) in [6.07, 6.45) is 76.2. The van der Waals surface area contributed by atoms with Crippen LogP contribution in [0.2, 0.25) is 0 Å². The molecule has 0 heterocycles. The minimum absolute atomic E-state index is 0.0112. The molecule has 0 radical (unpaired) electrons. The molecule has 6 nitrogen and oxygen atoms in total. The number of esters is 1. The van der Waals surface area contributed by atoms with Crippen LogP contribution in [0, 0.1) is 0 Å². The third kappa shape index (κ3) is 57.2. The topological polar surface area (TPSA) is 95.9 Å². The number of hydrogen-bond acceptors (Lipinski definition) is 5. The lowest BCUT2D eigenvalue weighted by atomic mass is 10.0. The van der Waals surface area contributed by atoms with Crippen LogP contribution in [0.25, 0.3) is 0 Å². The summed E-state index contributed by atoms with van der Waals surface area (Å²) in [6, 6.07) is -0.626. The Kier molecular flexibility index (Phi) is 59.0. The van der Waals surface area contributed by atoms with E-state index in [4.69, 9.17) is 4.74 Å². The Morgan fingerprint density at radius 2 is 0.704 bits per heavy atom.